The molecular weight excluding hydrogens is 414 g/mol. The highest BCUT2D eigenvalue weighted by Gasteiger charge is 2.28. The molecule has 3 rings (SSSR count). The third kappa shape index (κ3) is 7.28. The van der Waals surface area contributed by atoms with Crippen molar-refractivity contribution < 1.29 is 19.1 Å². The van der Waals surface area contributed by atoms with E-state index >= 15 is 0 Å². The second kappa shape index (κ2) is 11.8. The van der Waals surface area contributed by atoms with Crippen molar-refractivity contribution in [2.75, 3.05) is 7.11 Å². The van der Waals surface area contributed by atoms with E-state index in [0.717, 1.165) is 24.0 Å². The molecule has 5 nitrogen and oxygen atoms in total. The number of alkyl carbamates (subject to hydrolysis) is 1. The second-order valence-electron chi connectivity index (χ2n) is 8.10. The summed E-state index contributed by atoms with van der Waals surface area (Å²) in [6.07, 6.45) is 5.64. The van der Waals surface area contributed by atoms with Crippen LogP contribution < -0.4 is 5.32 Å². The summed E-state index contributed by atoms with van der Waals surface area (Å²) in [5.74, 6) is -0.0249. The highest BCUT2D eigenvalue weighted by Crippen LogP contribution is 2.28. The summed E-state index contributed by atoms with van der Waals surface area (Å²) in [5, 5.41) is 3.38. The van der Waals surface area contributed by atoms with E-state index in [1.165, 1.54) is 26.4 Å². The van der Waals surface area contributed by atoms with Crippen LogP contribution in [-0.2, 0) is 20.7 Å². The Balaban J connectivity index is 1.69. The molecule has 1 N–H and O–H groups in total. The number of amides is 1. The Hall–Kier alpha value is -2.53. The minimum Gasteiger partial charge on any atom is -0.467 e. The lowest BCUT2D eigenvalue weighted by atomic mass is 9.85. The first-order valence-corrected chi connectivity index (χ1v) is 11.3. The van der Waals surface area contributed by atoms with E-state index in [-0.39, 0.29) is 0 Å². The van der Waals surface area contributed by atoms with Gasteiger partial charge in [-0.15, -0.1) is 0 Å². The van der Waals surface area contributed by atoms with Gasteiger partial charge in [-0.25, -0.2) is 9.59 Å². The van der Waals surface area contributed by atoms with Gasteiger partial charge in [-0.05, 0) is 35.6 Å². The van der Waals surface area contributed by atoms with Crippen molar-refractivity contribution in [3.05, 3.63) is 70.7 Å². The van der Waals surface area contributed by atoms with Crippen molar-refractivity contribution in [1.29, 1.82) is 0 Å². The fourth-order valence-corrected chi connectivity index (χ4v) is 4.40. The van der Waals surface area contributed by atoms with E-state index in [2.05, 4.69) is 5.32 Å². The second-order valence-corrected chi connectivity index (χ2v) is 8.53. The molecule has 2 atom stereocenters. The first-order chi connectivity index (χ1) is 15.0. The monoisotopic (exact) mass is 443 g/mol. The lowest BCUT2D eigenvalue weighted by Gasteiger charge is -2.26. The molecule has 0 bridgehead atoms. The maximum absolute atomic E-state index is 12.8. The fraction of sp³-hybridized carbons (Fsp3) is 0.440. The first kappa shape index (κ1) is 23.1. The maximum atomic E-state index is 12.8. The number of rotatable bonds is 8. The minimum absolute atomic E-state index is 0.412. The van der Waals surface area contributed by atoms with Crippen LogP contribution in [0.15, 0.2) is 54.6 Å². The fourth-order valence-electron chi connectivity index (χ4n) is 4.19. The summed E-state index contributed by atoms with van der Waals surface area (Å²) in [6, 6.07) is 16.3. The van der Waals surface area contributed by atoms with E-state index in [4.69, 9.17) is 21.1 Å². The largest absolute Gasteiger partial charge is 0.467 e. The average Bonchev–Trinajstić information content (AvgIpc) is 2.79. The van der Waals surface area contributed by atoms with Crippen molar-refractivity contribution in [2.45, 2.75) is 57.1 Å². The zero-order chi connectivity index (χ0) is 22.1. The molecule has 1 aliphatic carbocycles. The maximum Gasteiger partial charge on any atom is 0.408 e. The average molecular weight is 444 g/mol. The predicted molar refractivity (Wildman–Crippen MR) is 121 cm³/mol. The lowest BCUT2D eigenvalue weighted by Crippen LogP contribution is -2.43. The summed E-state index contributed by atoms with van der Waals surface area (Å²) < 4.78 is 10.7. The van der Waals surface area contributed by atoms with Crippen molar-refractivity contribution >= 4 is 23.7 Å². The molecule has 0 aliphatic heterocycles. The first-order valence-electron chi connectivity index (χ1n) is 10.9. The van der Waals surface area contributed by atoms with Crippen molar-refractivity contribution in [2.24, 2.45) is 5.92 Å². The zero-order valence-electron chi connectivity index (χ0n) is 17.9. The molecule has 0 radical (unpaired) electrons. The number of ether oxygens (including phenoxy) is 2. The van der Waals surface area contributed by atoms with Crippen LogP contribution in [0.1, 0.15) is 55.8 Å². The van der Waals surface area contributed by atoms with Gasteiger partial charge in [0.15, 0.2) is 0 Å². The molecule has 2 aromatic rings. The topological polar surface area (TPSA) is 64.6 Å². The Labute approximate surface area is 189 Å². The molecule has 0 spiro atoms. The van der Waals surface area contributed by atoms with E-state index < -0.39 is 24.2 Å². The quantitative estimate of drug-likeness (QED) is 0.519. The van der Waals surface area contributed by atoms with E-state index in [9.17, 15) is 9.59 Å². The van der Waals surface area contributed by atoms with Gasteiger partial charge in [-0.2, -0.15) is 0 Å². The van der Waals surface area contributed by atoms with Crippen molar-refractivity contribution in [1.82, 2.24) is 5.32 Å². The van der Waals surface area contributed by atoms with Crippen LogP contribution in [0.2, 0.25) is 5.02 Å². The van der Waals surface area contributed by atoms with Crippen LogP contribution in [0.3, 0.4) is 0 Å². The van der Waals surface area contributed by atoms with Gasteiger partial charge in [0.1, 0.15) is 12.1 Å². The highest BCUT2D eigenvalue weighted by atomic mass is 35.5. The molecule has 1 amide bonds. The van der Waals surface area contributed by atoms with Gasteiger partial charge < -0.3 is 14.8 Å². The molecule has 1 unspecified atom stereocenters. The molecule has 0 aromatic heterocycles. The normalized spacial score (nSPS) is 16.2. The summed E-state index contributed by atoms with van der Waals surface area (Å²) in [7, 11) is 1.34. The number of esters is 1. The molecule has 1 fully saturated rings. The number of carbonyl (C=O) groups excluding carboxylic acids is 2. The van der Waals surface area contributed by atoms with Crippen LogP contribution in [0.4, 0.5) is 4.79 Å². The van der Waals surface area contributed by atoms with E-state index in [1.54, 1.807) is 0 Å². The van der Waals surface area contributed by atoms with Crippen LogP contribution in [0.5, 0.6) is 0 Å². The Morgan fingerprint density at radius 3 is 2.48 bits per heavy atom. The number of halogens is 1. The summed E-state index contributed by atoms with van der Waals surface area (Å²) in [4.78, 5) is 25.1. The zero-order valence-corrected chi connectivity index (χ0v) is 18.6. The SMILES string of the molecule is COC(=O)[C@H](CC1CCCCC1)NC(=O)OC(Cc1cccc(Cl)c1)c1ccccc1. The molecular formula is C25H30ClNO4. The number of methoxy groups -OCH3 is 1. The van der Waals surface area contributed by atoms with Crippen LogP contribution in [-0.4, -0.2) is 25.2 Å². The van der Waals surface area contributed by atoms with Gasteiger partial charge in [0.2, 0.25) is 0 Å². The molecule has 2 aromatic carbocycles. The predicted octanol–water partition coefficient (Wildman–Crippen LogP) is 5.86. The minimum atomic E-state index is -0.705. The molecule has 0 heterocycles. The molecule has 1 saturated carbocycles. The molecule has 31 heavy (non-hydrogen) atoms. The Bertz CT molecular complexity index is 852. The van der Waals surface area contributed by atoms with Gasteiger partial charge in [-0.3, -0.25) is 0 Å². The van der Waals surface area contributed by atoms with Gasteiger partial charge >= 0.3 is 12.1 Å². The van der Waals surface area contributed by atoms with Gasteiger partial charge in [0, 0.05) is 11.4 Å². The van der Waals surface area contributed by atoms with E-state index in [1.807, 2.05) is 54.6 Å². The van der Waals surface area contributed by atoms with Gasteiger partial charge in [0.05, 0.1) is 7.11 Å². The Morgan fingerprint density at radius 2 is 1.81 bits per heavy atom. The number of hydrogen-bond acceptors (Lipinski definition) is 4. The van der Waals surface area contributed by atoms with E-state index in [0.29, 0.717) is 23.8 Å². The smallest absolute Gasteiger partial charge is 0.408 e. The molecule has 6 heteroatoms. The number of carbonyl (C=O) groups is 2. The van der Waals surface area contributed by atoms with Crippen LogP contribution in [0.25, 0.3) is 0 Å². The number of benzene rings is 2. The third-order valence-electron chi connectivity index (χ3n) is 5.80. The van der Waals surface area contributed by atoms with Crippen LogP contribution in [0, 0.1) is 5.92 Å². The molecule has 166 valence electrons. The Morgan fingerprint density at radius 1 is 1.06 bits per heavy atom. The third-order valence-corrected chi connectivity index (χ3v) is 6.04. The number of nitrogens with one attached hydrogen (secondary N) is 1. The summed E-state index contributed by atoms with van der Waals surface area (Å²) in [5.41, 5.74) is 1.83. The van der Waals surface area contributed by atoms with Gasteiger partial charge in [0.25, 0.3) is 0 Å². The molecule has 1 aliphatic rings. The summed E-state index contributed by atoms with van der Waals surface area (Å²) in [6.45, 7) is 0. The van der Waals surface area contributed by atoms with Crippen molar-refractivity contribution in [3.8, 4) is 0 Å². The van der Waals surface area contributed by atoms with Gasteiger partial charge in [-0.1, -0.05) is 86.2 Å². The van der Waals surface area contributed by atoms with Crippen LogP contribution >= 0.6 is 11.6 Å². The molecule has 0 saturated heterocycles. The standard InChI is InChI=1S/C25H30ClNO4/c1-30-24(28)22(16-18-9-4-2-5-10-18)27-25(29)31-23(20-12-6-3-7-13-20)17-19-11-8-14-21(26)15-19/h3,6-8,11-15,18,22-23H,2,4-5,9-10,16-17H2,1H3,(H,27,29)/t22-,23?/m0/s1. The highest BCUT2D eigenvalue weighted by molar-refractivity contribution is 6.30. The lowest BCUT2D eigenvalue weighted by molar-refractivity contribution is -0.143. The van der Waals surface area contributed by atoms with Crippen molar-refractivity contribution in [3.63, 3.8) is 0 Å². The Kier molecular flexibility index (Phi) is 8.77. The summed E-state index contributed by atoms with van der Waals surface area (Å²) >= 11 is 6.12. The number of hydrogen-bond donors (Lipinski definition) is 1.